The normalized spacial score (nSPS) is 19.3. The van der Waals surface area contributed by atoms with Crippen LogP contribution in [0.4, 0.5) is 4.39 Å². The third kappa shape index (κ3) is 1.97. The number of aromatic nitrogens is 1. The summed E-state index contributed by atoms with van der Waals surface area (Å²) in [5, 5.41) is 3.64. The number of ether oxygens (including phenoxy) is 1. The lowest BCUT2D eigenvalue weighted by molar-refractivity contribution is 0.0931. The number of fused-ring (bicyclic) bond motifs is 1. The van der Waals surface area contributed by atoms with Crippen LogP contribution in [-0.2, 0) is 4.74 Å². The summed E-state index contributed by atoms with van der Waals surface area (Å²) in [5.41, 5.74) is 1.17. The van der Waals surface area contributed by atoms with E-state index in [0.717, 1.165) is 11.8 Å². The average molecular weight is 248 g/mol. The van der Waals surface area contributed by atoms with Gasteiger partial charge in [0.05, 0.1) is 18.2 Å². The van der Waals surface area contributed by atoms with Crippen LogP contribution in [0.1, 0.15) is 16.8 Å². The predicted molar refractivity (Wildman–Crippen MR) is 64.9 cm³/mol. The first-order chi connectivity index (χ1) is 8.74. The molecule has 0 radical (unpaired) electrons. The highest BCUT2D eigenvalue weighted by atomic mass is 19.1. The van der Waals surface area contributed by atoms with E-state index >= 15 is 0 Å². The Morgan fingerprint density at radius 2 is 2.39 bits per heavy atom. The van der Waals surface area contributed by atoms with Gasteiger partial charge in [0.2, 0.25) is 0 Å². The first kappa shape index (κ1) is 11.2. The molecule has 18 heavy (non-hydrogen) atoms. The number of benzene rings is 1. The highest BCUT2D eigenvalue weighted by Gasteiger charge is 2.20. The van der Waals surface area contributed by atoms with E-state index in [1.165, 1.54) is 12.1 Å². The van der Waals surface area contributed by atoms with Crippen molar-refractivity contribution in [3.8, 4) is 0 Å². The third-order valence-corrected chi connectivity index (χ3v) is 3.15. The fourth-order valence-electron chi connectivity index (χ4n) is 2.20. The lowest BCUT2D eigenvalue weighted by Gasteiger charge is -2.09. The standard InChI is InChI=1S/C13H13FN2O2/c14-8-1-2-10-11(6-15-12(10)5-8)13(17)16-9-3-4-18-7-9/h1-2,5-6,9,15H,3-4,7H2,(H,16,17)/t9-/m1/s1. The van der Waals surface area contributed by atoms with Crippen LogP contribution in [0.25, 0.3) is 10.9 Å². The highest BCUT2D eigenvalue weighted by Crippen LogP contribution is 2.19. The van der Waals surface area contributed by atoms with E-state index < -0.39 is 0 Å². The van der Waals surface area contributed by atoms with Crippen molar-refractivity contribution in [2.75, 3.05) is 13.2 Å². The van der Waals surface area contributed by atoms with Gasteiger partial charge < -0.3 is 15.0 Å². The van der Waals surface area contributed by atoms with Crippen molar-refractivity contribution in [2.24, 2.45) is 0 Å². The fraction of sp³-hybridized carbons (Fsp3) is 0.308. The number of rotatable bonds is 2. The van der Waals surface area contributed by atoms with Gasteiger partial charge in [-0.2, -0.15) is 0 Å². The van der Waals surface area contributed by atoms with Gasteiger partial charge in [-0.3, -0.25) is 4.79 Å². The van der Waals surface area contributed by atoms with Crippen molar-refractivity contribution < 1.29 is 13.9 Å². The van der Waals surface area contributed by atoms with Gasteiger partial charge in [-0.05, 0) is 24.6 Å². The molecule has 1 fully saturated rings. The first-order valence-electron chi connectivity index (χ1n) is 5.89. The molecule has 3 rings (SSSR count). The number of carbonyl (C=O) groups excluding carboxylic acids is 1. The fourth-order valence-corrected chi connectivity index (χ4v) is 2.20. The van der Waals surface area contributed by atoms with Crippen molar-refractivity contribution in [3.63, 3.8) is 0 Å². The summed E-state index contributed by atoms with van der Waals surface area (Å²) in [5.74, 6) is -0.469. The van der Waals surface area contributed by atoms with Crippen LogP contribution < -0.4 is 5.32 Å². The molecule has 1 saturated heterocycles. The van der Waals surface area contributed by atoms with Gasteiger partial charge in [0.1, 0.15) is 5.82 Å². The summed E-state index contributed by atoms with van der Waals surface area (Å²) in [4.78, 5) is 15.0. The third-order valence-electron chi connectivity index (χ3n) is 3.15. The van der Waals surface area contributed by atoms with Crippen molar-refractivity contribution in [1.82, 2.24) is 10.3 Å². The SMILES string of the molecule is O=C(N[C@@H]1CCOC1)c1c[nH]c2cc(F)ccc12. The van der Waals surface area contributed by atoms with Crippen LogP contribution in [0.5, 0.6) is 0 Å². The molecule has 1 aromatic carbocycles. The molecule has 1 amide bonds. The molecule has 0 unspecified atom stereocenters. The van der Waals surface area contributed by atoms with E-state index in [4.69, 9.17) is 4.74 Å². The van der Waals surface area contributed by atoms with Crippen LogP contribution in [0.15, 0.2) is 24.4 Å². The number of amides is 1. The Labute approximate surface area is 103 Å². The molecule has 4 nitrogen and oxygen atoms in total. The molecule has 1 aliphatic rings. The lowest BCUT2D eigenvalue weighted by atomic mass is 10.1. The second kappa shape index (κ2) is 4.42. The number of hydrogen-bond donors (Lipinski definition) is 2. The summed E-state index contributed by atoms with van der Waals surface area (Å²) >= 11 is 0. The van der Waals surface area contributed by atoms with Crippen molar-refractivity contribution in [3.05, 3.63) is 35.8 Å². The van der Waals surface area contributed by atoms with Crippen LogP contribution >= 0.6 is 0 Å². The maximum absolute atomic E-state index is 13.0. The molecule has 1 aliphatic heterocycles. The minimum Gasteiger partial charge on any atom is -0.379 e. The number of H-pyrrole nitrogens is 1. The summed E-state index contributed by atoms with van der Waals surface area (Å²) in [6, 6.07) is 4.42. The number of nitrogens with one attached hydrogen (secondary N) is 2. The Hall–Kier alpha value is -1.88. The molecule has 5 heteroatoms. The molecular formula is C13H13FN2O2. The summed E-state index contributed by atoms with van der Waals surface area (Å²) in [7, 11) is 0. The Bertz CT molecular complexity index is 588. The Kier molecular flexibility index (Phi) is 2.76. The van der Waals surface area contributed by atoms with Gasteiger partial charge in [-0.15, -0.1) is 0 Å². The van der Waals surface area contributed by atoms with E-state index in [2.05, 4.69) is 10.3 Å². The van der Waals surface area contributed by atoms with E-state index in [-0.39, 0.29) is 17.8 Å². The zero-order chi connectivity index (χ0) is 12.5. The van der Waals surface area contributed by atoms with Gasteiger partial charge in [0.25, 0.3) is 5.91 Å². The first-order valence-corrected chi connectivity index (χ1v) is 5.89. The molecule has 94 valence electrons. The second-order valence-corrected chi connectivity index (χ2v) is 4.43. The highest BCUT2D eigenvalue weighted by molar-refractivity contribution is 6.06. The minimum atomic E-state index is -0.319. The Balaban J connectivity index is 1.86. The molecule has 2 N–H and O–H groups in total. The van der Waals surface area contributed by atoms with E-state index in [9.17, 15) is 9.18 Å². The Morgan fingerprint density at radius 1 is 1.50 bits per heavy atom. The van der Waals surface area contributed by atoms with Crippen molar-refractivity contribution in [1.29, 1.82) is 0 Å². The molecular weight excluding hydrogens is 235 g/mol. The van der Waals surface area contributed by atoms with Crippen molar-refractivity contribution >= 4 is 16.8 Å². The van der Waals surface area contributed by atoms with Crippen molar-refractivity contribution in [2.45, 2.75) is 12.5 Å². The molecule has 2 aromatic rings. The average Bonchev–Trinajstić information content (AvgIpc) is 2.97. The van der Waals surface area contributed by atoms with Crippen LogP contribution in [0.2, 0.25) is 0 Å². The van der Waals surface area contributed by atoms with Gasteiger partial charge in [0.15, 0.2) is 0 Å². The molecule has 0 saturated carbocycles. The Morgan fingerprint density at radius 3 is 3.17 bits per heavy atom. The van der Waals surface area contributed by atoms with Crippen LogP contribution in [0, 0.1) is 5.82 Å². The zero-order valence-electron chi connectivity index (χ0n) is 9.70. The van der Waals surface area contributed by atoms with Gasteiger partial charge >= 0.3 is 0 Å². The number of halogens is 1. The quantitative estimate of drug-likeness (QED) is 0.851. The van der Waals surface area contributed by atoms with Gasteiger partial charge in [-0.1, -0.05) is 0 Å². The summed E-state index contributed by atoms with van der Waals surface area (Å²) in [6.07, 6.45) is 2.44. The topological polar surface area (TPSA) is 54.1 Å². The lowest BCUT2D eigenvalue weighted by Crippen LogP contribution is -2.34. The van der Waals surface area contributed by atoms with E-state index in [1.807, 2.05) is 0 Å². The molecule has 1 aromatic heterocycles. The zero-order valence-corrected chi connectivity index (χ0v) is 9.70. The van der Waals surface area contributed by atoms with Crippen LogP contribution in [0.3, 0.4) is 0 Å². The number of carbonyl (C=O) groups is 1. The molecule has 2 heterocycles. The maximum atomic E-state index is 13.0. The van der Waals surface area contributed by atoms with E-state index in [1.54, 1.807) is 12.3 Å². The predicted octanol–water partition coefficient (Wildman–Crippen LogP) is 1.83. The largest absolute Gasteiger partial charge is 0.379 e. The smallest absolute Gasteiger partial charge is 0.253 e. The number of aromatic amines is 1. The number of hydrogen-bond acceptors (Lipinski definition) is 2. The minimum absolute atomic E-state index is 0.0721. The van der Waals surface area contributed by atoms with Gasteiger partial charge in [-0.25, -0.2) is 4.39 Å². The molecule has 0 bridgehead atoms. The van der Waals surface area contributed by atoms with E-state index in [0.29, 0.717) is 24.3 Å². The summed E-state index contributed by atoms with van der Waals surface area (Å²) in [6.45, 7) is 1.24. The second-order valence-electron chi connectivity index (χ2n) is 4.43. The monoisotopic (exact) mass is 248 g/mol. The maximum Gasteiger partial charge on any atom is 0.253 e. The van der Waals surface area contributed by atoms with Gasteiger partial charge in [0, 0.05) is 23.7 Å². The molecule has 0 aliphatic carbocycles. The molecule has 0 spiro atoms. The van der Waals surface area contributed by atoms with Crippen LogP contribution in [-0.4, -0.2) is 30.1 Å². The molecule has 1 atom stereocenters. The summed E-state index contributed by atoms with van der Waals surface area (Å²) < 4.78 is 18.2.